The van der Waals surface area contributed by atoms with Gasteiger partial charge in [0, 0.05) is 4.88 Å². The van der Waals surface area contributed by atoms with Gasteiger partial charge in [-0.1, -0.05) is 49.6 Å². The number of aryl methyl sites for hydroxylation is 3. The summed E-state index contributed by atoms with van der Waals surface area (Å²) in [6.07, 6.45) is 3.37. The summed E-state index contributed by atoms with van der Waals surface area (Å²) in [5.74, 6) is 0. The molecule has 0 bridgehead atoms. The van der Waals surface area contributed by atoms with Gasteiger partial charge in [0.2, 0.25) is 0 Å². The van der Waals surface area contributed by atoms with Gasteiger partial charge < -0.3 is 0 Å². The molecule has 0 atom stereocenters. The van der Waals surface area contributed by atoms with Crippen LogP contribution in [0.5, 0.6) is 0 Å². The highest BCUT2D eigenvalue weighted by Crippen LogP contribution is 2.43. The lowest BCUT2D eigenvalue weighted by atomic mass is 9.93. The van der Waals surface area contributed by atoms with Crippen molar-refractivity contribution in [2.75, 3.05) is 0 Å². The summed E-state index contributed by atoms with van der Waals surface area (Å²) < 4.78 is 1.08. The van der Waals surface area contributed by atoms with E-state index in [4.69, 9.17) is 0 Å². The molecule has 26 heavy (non-hydrogen) atoms. The Labute approximate surface area is 157 Å². The molecule has 0 spiro atoms. The second kappa shape index (κ2) is 6.19. The van der Waals surface area contributed by atoms with Crippen LogP contribution < -0.4 is 0 Å². The van der Waals surface area contributed by atoms with E-state index >= 15 is 0 Å². The normalized spacial score (nSPS) is 11.2. The summed E-state index contributed by atoms with van der Waals surface area (Å²) in [5.41, 5.74) is 7.81. The van der Waals surface area contributed by atoms with Gasteiger partial charge in [-0.2, -0.15) is 0 Å². The van der Waals surface area contributed by atoms with Crippen LogP contribution in [0.3, 0.4) is 0 Å². The highest BCUT2D eigenvalue weighted by Gasteiger charge is 2.19. The van der Waals surface area contributed by atoms with Crippen LogP contribution in [-0.2, 0) is 0 Å². The fraction of sp³-hybridized carbons (Fsp3) is 0.130. The van der Waals surface area contributed by atoms with Crippen LogP contribution in [0.2, 0.25) is 0 Å². The molecule has 0 unspecified atom stereocenters. The number of aromatic nitrogens is 2. The number of benzene rings is 2. The summed E-state index contributed by atoms with van der Waals surface area (Å²) >= 11 is 1.75. The molecular formula is C23H20N2S. The van der Waals surface area contributed by atoms with Crippen LogP contribution in [0.25, 0.3) is 37.0 Å². The molecule has 0 aliphatic carbocycles. The van der Waals surface area contributed by atoms with Gasteiger partial charge in [-0.15, -0.1) is 11.3 Å². The lowest BCUT2D eigenvalue weighted by Crippen LogP contribution is -1.90. The van der Waals surface area contributed by atoms with Gasteiger partial charge in [-0.3, -0.25) is 0 Å². The monoisotopic (exact) mass is 356 g/mol. The number of allylic oxidation sites excluding steroid dienone is 2. The number of fused-ring (bicyclic) bond motifs is 2. The topological polar surface area (TPSA) is 25.8 Å². The van der Waals surface area contributed by atoms with Crippen LogP contribution in [0.4, 0.5) is 0 Å². The zero-order chi connectivity index (χ0) is 18.4. The van der Waals surface area contributed by atoms with E-state index in [2.05, 4.69) is 74.2 Å². The van der Waals surface area contributed by atoms with Crippen molar-refractivity contribution in [2.24, 2.45) is 0 Å². The maximum absolute atomic E-state index is 4.55. The maximum atomic E-state index is 4.55. The minimum atomic E-state index is 0.831. The predicted octanol–water partition coefficient (Wildman–Crippen LogP) is 6.64. The van der Waals surface area contributed by atoms with E-state index in [9.17, 15) is 0 Å². The quantitative estimate of drug-likeness (QED) is 0.385. The first-order chi connectivity index (χ1) is 12.5. The molecule has 0 aliphatic heterocycles. The minimum Gasteiger partial charge on any atom is -0.235 e. The first-order valence-corrected chi connectivity index (χ1v) is 9.39. The van der Waals surface area contributed by atoms with Crippen LogP contribution in [-0.4, -0.2) is 9.97 Å². The van der Waals surface area contributed by atoms with Crippen molar-refractivity contribution in [3.8, 4) is 10.4 Å². The Balaban J connectivity index is 2.07. The molecule has 0 saturated carbocycles. The van der Waals surface area contributed by atoms with Crippen molar-refractivity contribution in [2.45, 2.75) is 20.8 Å². The zero-order valence-electron chi connectivity index (χ0n) is 15.3. The Kier molecular flexibility index (Phi) is 3.97. The van der Waals surface area contributed by atoms with E-state index < -0.39 is 0 Å². The standard InChI is InChI=1S/C23H20N2S/c1-6-13(2)20-23-21(25-12-24-20)16(5)22(26-23)19-14(3)11-17-9-7-8-10-18(17)15(19)4/h6-12H,1-2H2,3-5H3. The first-order valence-electron chi connectivity index (χ1n) is 8.58. The lowest BCUT2D eigenvalue weighted by molar-refractivity contribution is 1.20. The van der Waals surface area contributed by atoms with Crippen molar-refractivity contribution >= 4 is 37.9 Å². The largest absolute Gasteiger partial charge is 0.235 e. The molecule has 0 radical (unpaired) electrons. The molecule has 4 aromatic rings. The minimum absolute atomic E-state index is 0.831. The van der Waals surface area contributed by atoms with E-state index in [0.29, 0.717) is 0 Å². The fourth-order valence-electron chi connectivity index (χ4n) is 3.64. The zero-order valence-corrected chi connectivity index (χ0v) is 16.1. The number of nitrogens with zero attached hydrogens (tertiary/aromatic N) is 2. The molecule has 2 heterocycles. The highest BCUT2D eigenvalue weighted by atomic mass is 32.1. The van der Waals surface area contributed by atoms with E-state index in [1.54, 1.807) is 23.7 Å². The van der Waals surface area contributed by atoms with Gasteiger partial charge in [0.1, 0.15) is 6.33 Å². The molecule has 2 nitrogen and oxygen atoms in total. The van der Waals surface area contributed by atoms with Crippen molar-refractivity contribution in [3.05, 3.63) is 78.3 Å². The van der Waals surface area contributed by atoms with Crippen LogP contribution in [0.1, 0.15) is 22.4 Å². The third-order valence-corrected chi connectivity index (χ3v) is 6.29. The average molecular weight is 356 g/mol. The van der Waals surface area contributed by atoms with E-state index in [1.807, 2.05) is 0 Å². The molecule has 0 saturated heterocycles. The summed E-state index contributed by atoms with van der Waals surface area (Å²) in [6, 6.07) is 10.8. The number of rotatable bonds is 3. The molecule has 0 amide bonds. The molecule has 2 aromatic carbocycles. The Morgan fingerprint density at radius 3 is 2.62 bits per heavy atom. The summed E-state index contributed by atoms with van der Waals surface area (Å²) in [6.45, 7) is 14.5. The number of thiophene rings is 1. The fourth-order valence-corrected chi connectivity index (χ4v) is 5.09. The molecule has 2 aromatic heterocycles. The maximum Gasteiger partial charge on any atom is 0.116 e. The Bertz CT molecular complexity index is 1200. The van der Waals surface area contributed by atoms with Crippen LogP contribution >= 0.6 is 11.3 Å². The Morgan fingerprint density at radius 2 is 1.85 bits per heavy atom. The van der Waals surface area contributed by atoms with Gasteiger partial charge >= 0.3 is 0 Å². The molecule has 0 fully saturated rings. The van der Waals surface area contributed by atoms with Crippen molar-refractivity contribution < 1.29 is 0 Å². The first kappa shape index (κ1) is 16.7. The van der Waals surface area contributed by atoms with Crippen LogP contribution in [0.15, 0.2) is 55.9 Å². The number of hydrogen-bond acceptors (Lipinski definition) is 3. The molecule has 0 N–H and O–H groups in total. The third-order valence-electron chi connectivity index (χ3n) is 4.99. The smallest absolute Gasteiger partial charge is 0.116 e. The molecule has 0 aliphatic rings. The highest BCUT2D eigenvalue weighted by molar-refractivity contribution is 7.22. The summed E-state index contributed by atoms with van der Waals surface area (Å²) in [4.78, 5) is 10.3. The van der Waals surface area contributed by atoms with Crippen molar-refractivity contribution in [1.29, 1.82) is 0 Å². The van der Waals surface area contributed by atoms with E-state index in [-0.39, 0.29) is 0 Å². The van der Waals surface area contributed by atoms with Crippen LogP contribution in [0, 0.1) is 20.8 Å². The van der Waals surface area contributed by atoms with Gasteiger partial charge in [0.05, 0.1) is 15.9 Å². The summed E-state index contributed by atoms with van der Waals surface area (Å²) in [7, 11) is 0. The molecular weight excluding hydrogens is 336 g/mol. The third kappa shape index (κ3) is 2.39. The summed E-state index contributed by atoms with van der Waals surface area (Å²) in [5, 5.41) is 2.58. The second-order valence-corrected chi connectivity index (χ2v) is 7.62. The van der Waals surface area contributed by atoms with Gasteiger partial charge in [0.15, 0.2) is 0 Å². The molecule has 3 heteroatoms. The number of hydrogen-bond donors (Lipinski definition) is 0. The predicted molar refractivity (Wildman–Crippen MR) is 114 cm³/mol. The van der Waals surface area contributed by atoms with Gasteiger partial charge in [-0.25, -0.2) is 9.97 Å². The van der Waals surface area contributed by atoms with E-state index in [1.165, 1.54) is 37.9 Å². The molecule has 128 valence electrons. The second-order valence-electron chi connectivity index (χ2n) is 6.60. The van der Waals surface area contributed by atoms with Crippen molar-refractivity contribution in [1.82, 2.24) is 9.97 Å². The lowest BCUT2D eigenvalue weighted by Gasteiger charge is -2.13. The van der Waals surface area contributed by atoms with Gasteiger partial charge in [0.25, 0.3) is 0 Å². The Morgan fingerprint density at radius 1 is 1.08 bits per heavy atom. The average Bonchev–Trinajstić information content (AvgIpc) is 2.98. The van der Waals surface area contributed by atoms with Gasteiger partial charge in [-0.05, 0) is 59.4 Å². The molecule has 4 rings (SSSR count). The SMILES string of the molecule is C=CC(=C)c1ncnc2c(C)c(-c3c(C)cc4ccccc4c3C)sc12. The van der Waals surface area contributed by atoms with Crippen molar-refractivity contribution in [3.63, 3.8) is 0 Å². The van der Waals surface area contributed by atoms with E-state index in [0.717, 1.165) is 21.5 Å². The Hall–Kier alpha value is -2.78.